The molecule has 0 saturated heterocycles. The maximum absolute atomic E-state index is 6.61. The molecule has 0 unspecified atom stereocenters. The number of hydrogen-bond donors (Lipinski definition) is 1. The molecule has 25 heavy (non-hydrogen) atoms. The summed E-state index contributed by atoms with van der Waals surface area (Å²) in [6, 6.07) is 11.9. The molecule has 0 spiro atoms. The Kier molecular flexibility index (Phi) is 4.30. The van der Waals surface area contributed by atoms with Crippen molar-refractivity contribution >= 4 is 5.69 Å². The quantitative estimate of drug-likeness (QED) is 0.841. The Balaban J connectivity index is 1.93. The number of methoxy groups -OCH3 is 2. The van der Waals surface area contributed by atoms with Gasteiger partial charge in [0.2, 0.25) is 0 Å². The molecule has 1 aliphatic heterocycles. The van der Waals surface area contributed by atoms with Crippen LogP contribution in [0.15, 0.2) is 36.4 Å². The minimum atomic E-state index is -0.178. The maximum atomic E-state index is 6.61. The third-order valence-corrected chi connectivity index (χ3v) is 5.51. The second kappa shape index (κ2) is 6.60. The lowest BCUT2D eigenvalue weighted by atomic mass is 9.75. The van der Waals surface area contributed by atoms with Crippen LogP contribution in [-0.2, 0) is 4.74 Å². The number of rotatable bonds is 3. The lowest BCUT2D eigenvalue weighted by Crippen LogP contribution is -2.34. The van der Waals surface area contributed by atoms with Gasteiger partial charge in [0.25, 0.3) is 0 Å². The van der Waals surface area contributed by atoms with E-state index in [1.807, 2.05) is 30.3 Å². The van der Waals surface area contributed by atoms with Crippen LogP contribution in [0.4, 0.5) is 5.69 Å². The van der Waals surface area contributed by atoms with Crippen molar-refractivity contribution in [1.29, 1.82) is 0 Å². The molecule has 1 fully saturated rings. The Morgan fingerprint density at radius 1 is 0.960 bits per heavy atom. The highest BCUT2D eigenvalue weighted by Crippen LogP contribution is 2.52. The molecule has 2 aliphatic rings. The largest absolute Gasteiger partial charge is 0.496 e. The summed E-state index contributed by atoms with van der Waals surface area (Å²) in [5, 5.41) is 0. The Hall–Kier alpha value is -2.20. The number of benzene rings is 2. The molecule has 0 aromatic heterocycles. The zero-order chi connectivity index (χ0) is 17.4. The van der Waals surface area contributed by atoms with Gasteiger partial charge in [0.15, 0.2) is 0 Å². The minimum Gasteiger partial charge on any atom is -0.496 e. The minimum absolute atomic E-state index is 0.178. The van der Waals surface area contributed by atoms with Crippen LogP contribution >= 0.6 is 0 Å². The Labute approximate surface area is 148 Å². The molecule has 4 nitrogen and oxygen atoms in total. The molecule has 0 radical (unpaired) electrons. The third-order valence-electron chi connectivity index (χ3n) is 5.51. The third kappa shape index (κ3) is 2.74. The summed E-state index contributed by atoms with van der Waals surface area (Å²) in [6.45, 7) is 0. The van der Waals surface area contributed by atoms with Crippen LogP contribution in [0.5, 0.6) is 11.5 Å². The normalized spacial score (nSPS) is 25.0. The van der Waals surface area contributed by atoms with E-state index in [-0.39, 0.29) is 12.2 Å². The van der Waals surface area contributed by atoms with Gasteiger partial charge in [-0.15, -0.1) is 0 Å². The summed E-state index contributed by atoms with van der Waals surface area (Å²) in [6.07, 6.45) is 4.70. The van der Waals surface area contributed by atoms with E-state index >= 15 is 0 Å². The summed E-state index contributed by atoms with van der Waals surface area (Å²) < 4.78 is 18.0. The van der Waals surface area contributed by atoms with Crippen LogP contribution < -0.4 is 15.2 Å². The number of hydrogen-bond acceptors (Lipinski definition) is 4. The summed E-state index contributed by atoms with van der Waals surface area (Å²) in [4.78, 5) is 0. The van der Waals surface area contributed by atoms with Gasteiger partial charge in [-0.2, -0.15) is 0 Å². The first-order valence-electron chi connectivity index (χ1n) is 8.98. The van der Waals surface area contributed by atoms with Crippen LogP contribution in [0.2, 0.25) is 0 Å². The first-order valence-corrected chi connectivity index (χ1v) is 8.98. The molecule has 132 valence electrons. The van der Waals surface area contributed by atoms with Crippen molar-refractivity contribution in [2.24, 2.45) is 0 Å². The van der Waals surface area contributed by atoms with Crippen molar-refractivity contribution in [2.75, 3.05) is 20.0 Å². The standard InChI is InChI=1S/C21H25NO3/c1-23-17-10-11-18(24-2)20-19(17)15-8-3-4-9-16(15)25-21(20)13-6-5-7-14(22)12-13/h5-7,10-12,15-16,21H,3-4,8-9,22H2,1-2H3/t15-,16-,21-/m0/s1. The molecule has 2 N–H and O–H groups in total. The van der Waals surface area contributed by atoms with Gasteiger partial charge < -0.3 is 19.9 Å². The van der Waals surface area contributed by atoms with Gasteiger partial charge in [-0.1, -0.05) is 25.0 Å². The second-order valence-corrected chi connectivity index (χ2v) is 6.91. The Bertz CT molecular complexity index is 774. The fourth-order valence-electron chi connectivity index (χ4n) is 4.41. The Morgan fingerprint density at radius 3 is 2.40 bits per heavy atom. The molecular formula is C21H25NO3. The van der Waals surface area contributed by atoms with E-state index in [2.05, 4.69) is 6.07 Å². The van der Waals surface area contributed by atoms with Gasteiger partial charge in [0.1, 0.15) is 17.6 Å². The van der Waals surface area contributed by atoms with Crippen molar-refractivity contribution < 1.29 is 14.2 Å². The lowest BCUT2D eigenvalue weighted by molar-refractivity contribution is -0.0406. The van der Waals surface area contributed by atoms with E-state index in [1.165, 1.54) is 18.4 Å². The van der Waals surface area contributed by atoms with Crippen LogP contribution in [0.25, 0.3) is 0 Å². The average molecular weight is 339 g/mol. The maximum Gasteiger partial charge on any atom is 0.125 e. The molecule has 1 aliphatic carbocycles. The number of anilines is 1. The molecule has 0 amide bonds. The monoisotopic (exact) mass is 339 g/mol. The van der Waals surface area contributed by atoms with Crippen molar-refractivity contribution in [2.45, 2.75) is 43.8 Å². The van der Waals surface area contributed by atoms with E-state index in [9.17, 15) is 0 Å². The predicted octanol–water partition coefficient (Wildman–Crippen LogP) is 4.43. The number of nitrogens with two attached hydrogens (primary N) is 1. The second-order valence-electron chi connectivity index (χ2n) is 6.91. The van der Waals surface area contributed by atoms with Crippen molar-refractivity contribution in [3.8, 4) is 11.5 Å². The molecular weight excluding hydrogens is 314 g/mol. The average Bonchev–Trinajstić information content (AvgIpc) is 2.66. The highest BCUT2D eigenvalue weighted by atomic mass is 16.5. The molecule has 0 bridgehead atoms. The topological polar surface area (TPSA) is 53.7 Å². The molecule has 4 heteroatoms. The van der Waals surface area contributed by atoms with Gasteiger partial charge in [0, 0.05) is 22.7 Å². The molecule has 2 aromatic rings. The zero-order valence-electron chi connectivity index (χ0n) is 14.8. The van der Waals surface area contributed by atoms with Crippen molar-refractivity contribution in [3.05, 3.63) is 53.1 Å². The molecule has 1 heterocycles. The van der Waals surface area contributed by atoms with Gasteiger partial charge in [-0.05, 0) is 42.7 Å². The first kappa shape index (κ1) is 16.3. The predicted molar refractivity (Wildman–Crippen MR) is 98.3 cm³/mol. The number of fused-ring (bicyclic) bond motifs is 3. The zero-order valence-corrected chi connectivity index (χ0v) is 14.8. The van der Waals surface area contributed by atoms with E-state index in [0.29, 0.717) is 5.92 Å². The van der Waals surface area contributed by atoms with E-state index in [4.69, 9.17) is 19.9 Å². The summed E-state index contributed by atoms with van der Waals surface area (Å²) in [5.74, 6) is 2.16. The molecule has 3 atom stereocenters. The van der Waals surface area contributed by atoms with Crippen LogP contribution in [0.1, 0.15) is 54.4 Å². The van der Waals surface area contributed by atoms with E-state index in [0.717, 1.165) is 41.2 Å². The summed E-state index contributed by atoms with van der Waals surface area (Å²) in [5.41, 5.74) is 10.2. The number of ether oxygens (including phenoxy) is 3. The molecule has 2 aromatic carbocycles. The fraction of sp³-hybridized carbons (Fsp3) is 0.429. The Morgan fingerprint density at radius 2 is 1.68 bits per heavy atom. The van der Waals surface area contributed by atoms with E-state index in [1.54, 1.807) is 14.2 Å². The highest BCUT2D eigenvalue weighted by molar-refractivity contribution is 5.57. The summed E-state index contributed by atoms with van der Waals surface area (Å²) in [7, 11) is 3.45. The molecule has 4 rings (SSSR count). The smallest absolute Gasteiger partial charge is 0.125 e. The van der Waals surface area contributed by atoms with Crippen molar-refractivity contribution in [3.63, 3.8) is 0 Å². The van der Waals surface area contributed by atoms with Gasteiger partial charge in [-0.25, -0.2) is 0 Å². The SMILES string of the molecule is COc1ccc(OC)c2c1[C@H](c1cccc(N)c1)O[C@H]1CCCC[C@H]21. The lowest BCUT2D eigenvalue weighted by Gasteiger charge is -2.42. The number of nitrogen functional groups attached to an aromatic ring is 1. The van der Waals surface area contributed by atoms with Crippen LogP contribution in [0, 0.1) is 0 Å². The van der Waals surface area contributed by atoms with Crippen LogP contribution in [-0.4, -0.2) is 20.3 Å². The van der Waals surface area contributed by atoms with Crippen LogP contribution in [0.3, 0.4) is 0 Å². The van der Waals surface area contributed by atoms with Gasteiger partial charge >= 0.3 is 0 Å². The van der Waals surface area contributed by atoms with Crippen molar-refractivity contribution in [1.82, 2.24) is 0 Å². The highest BCUT2D eigenvalue weighted by Gasteiger charge is 2.41. The molecule has 1 saturated carbocycles. The van der Waals surface area contributed by atoms with Gasteiger partial charge in [-0.3, -0.25) is 0 Å². The summed E-state index contributed by atoms with van der Waals surface area (Å²) >= 11 is 0. The fourth-order valence-corrected chi connectivity index (χ4v) is 4.41. The van der Waals surface area contributed by atoms with E-state index < -0.39 is 0 Å². The van der Waals surface area contributed by atoms with Gasteiger partial charge in [0.05, 0.1) is 20.3 Å². The first-order chi connectivity index (χ1) is 12.2.